The predicted octanol–water partition coefficient (Wildman–Crippen LogP) is 4.37. The van der Waals surface area contributed by atoms with Crippen LogP contribution in [-0.2, 0) is 14.4 Å². The molecule has 0 aromatic carbocycles. The number of rotatable bonds is 9. The van der Waals surface area contributed by atoms with E-state index in [0.717, 1.165) is 32.1 Å². The van der Waals surface area contributed by atoms with Gasteiger partial charge in [0.1, 0.15) is 17.8 Å². The van der Waals surface area contributed by atoms with Gasteiger partial charge >= 0.3 is 0 Å². The number of ketones is 1. The van der Waals surface area contributed by atoms with Crippen LogP contribution in [0.2, 0.25) is 0 Å². The van der Waals surface area contributed by atoms with Gasteiger partial charge in [-0.15, -0.1) is 0 Å². The van der Waals surface area contributed by atoms with Gasteiger partial charge in [0.05, 0.1) is 11.1 Å². The van der Waals surface area contributed by atoms with Crippen LogP contribution in [0.5, 0.6) is 0 Å². The molecule has 1 aliphatic rings. The molecule has 5 nitrogen and oxygen atoms in total. The number of hydrogen-bond donors (Lipinski definition) is 1. The summed E-state index contributed by atoms with van der Waals surface area (Å²) in [6.07, 6.45) is 5.36. The molecular formula is C26H49BN2O3. The Labute approximate surface area is 198 Å². The van der Waals surface area contributed by atoms with E-state index in [1.807, 2.05) is 13.8 Å². The Morgan fingerprint density at radius 1 is 1.09 bits per heavy atom. The van der Waals surface area contributed by atoms with Gasteiger partial charge in [0, 0.05) is 18.5 Å². The average Bonchev–Trinajstić information content (AvgIpc) is 2.71. The lowest BCUT2D eigenvalue weighted by atomic mass is 9.67. The summed E-state index contributed by atoms with van der Waals surface area (Å²) in [4.78, 5) is 40.2. The van der Waals surface area contributed by atoms with Crippen LogP contribution in [0, 0.1) is 23.2 Å². The third kappa shape index (κ3) is 6.76. The molecule has 0 saturated carbocycles. The second-order valence-electron chi connectivity index (χ2n) is 11.8. The van der Waals surface area contributed by atoms with E-state index in [4.69, 9.17) is 0 Å². The zero-order chi connectivity index (χ0) is 24.9. The largest absolute Gasteiger partial charge is 0.341 e. The van der Waals surface area contributed by atoms with Crippen molar-refractivity contribution in [2.45, 2.75) is 118 Å². The van der Waals surface area contributed by atoms with Crippen molar-refractivity contribution in [1.82, 2.24) is 10.1 Å². The van der Waals surface area contributed by atoms with Gasteiger partial charge in [-0.3, -0.25) is 9.69 Å². The lowest BCUT2D eigenvalue weighted by molar-refractivity contribution is -0.127. The van der Waals surface area contributed by atoms with E-state index in [0.29, 0.717) is 24.7 Å². The molecule has 0 amide bonds. The van der Waals surface area contributed by atoms with Gasteiger partial charge in [-0.1, -0.05) is 41.5 Å². The van der Waals surface area contributed by atoms with Gasteiger partial charge in [-0.25, -0.2) is 0 Å². The van der Waals surface area contributed by atoms with Crippen LogP contribution in [0.15, 0.2) is 0 Å². The van der Waals surface area contributed by atoms with Crippen LogP contribution >= 0.6 is 0 Å². The van der Waals surface area contributed by atoms with Crippen molar-refractivity contribution >= 4 is 25.2 Å². The first-order valence-corrected chi connectivity index (χ1v) is 12.7. The summed E-state index contributed by atoms with van der Waals surface area (Å²) in [5.41, 5.74) is -1.29. The molecule has 1 saturated heterocycles. The molecule has 0 aromatic heterocycles. The number of aldehydes is 1. The Bertz CT molecular complexity index is 667. The van der Waals surface area contributed by atoms with Gasteiger partial charge in [0.25, 0.3) is 7.41 Å². The highest BCUT2D eigenvalue weighted by Gasteiger charge is 2.44. The van der Waals surface area contributed by atoms with Gasteiger partial charge in [0.2, 0.25) is 0 Å². The minimum atomic E-state index is -0.677. The summed E-state index contributed by atoms with van der Waals surface area (Å²) < 4.78 is 0. The minimum absolute atomic E-state index is 0.0261. The molecule has 6 atom stereocenters. The Balaban J connectivity index is 3.26. The molecule has 1 fully saturated rings. The van der Waals surface area contributed by atoms with Crippen LogP contribution in [-0.4, -0.2) is 53.7 Å². The molecule has 1 aliphatic heterocycles. The monoisotopic (exact) mass is 448 g/mol. The number of Topliss-reactive ketones (excluding diaryl/α,β-unsaturated/α-hetero) is 1. The summed E-state index contributed by atoms with van der Waals surface area (Å²) in [6, 6.07) is 0.169. The smallest absolute Gasteiger partial charge is 0.286 e. The predicted molar refractivity (Wildman–Crippen MR) is 135 cm³/mol. The first-order valence-electron chi connectivity index (χ1n) is 12.7. The zero-order valence-corrected chi connectivity index (χ0v) is 22.5. The first kappa shape index (κ1) is 29.0. The molecule has 0 radical (unpaired) electrons. The van der Waals surface area contributed by atoms with Crippen molar-refractivity contribution in [3.8, 4) is 0 Å². The van der Waals surface area contributed by atoms with E-state index in [-0.39, 0.29) is 36.3 Å². The fourth-order valence-corrected chi connectivity index (χ4v) is 5.60. The van der Waals surface area contributed by atoms with Crippen molar-refractivity contribution in [2.24, 2.45) is 23.2 Å². The minimum Gasteiger partial charge on any atom is -0.341 e. The van der Waals surface area contributed by atoms with Crippen molar-refractivity contribution in [1.29, 1.82) is 0 Å². The SMILES string of the molecule is CCC(C)(NBC(=O)C(C)(CC)N1CC(C)CC(C)CC(C=O)C(C)(C)CC1C)C(C)=O. The Morgan fingerprint density at radius 2 is 1.69 bits per heavy atom. The van der Waals surface area contributed by atoms with Crippen molar-refractivity contribution in [3.05, 3.63) is 0 Å². The van der Waals surface area contributed by atoms with Gasteiger partial charge in [-0.05, 0) is 77.0 Å². The van der Waals surface area contributed by atoms with E-state index in [9.17, 15) is 14.4 Å². The van der Waals surface area contributed by atoms with Crippen molar-refractivity contribution in [2.75, 3.05) is 6.54 Å². The highest BCUT2D eigenvalue weighted by atomic mass is 16.1. The maximum Gasteiger partial charge on any atom is 0.286 e. The molecule has 32 heavy (non-hydrogen) atoms. The molecule has 1 N–H and O–H groups in total. The number of carbonyl (C=O) groups is 3. The summed E-state index contributed by atoms with van der Waals surface area (Å²) in [6.45, 7) is 21.6. The molecule has 0 aliphatic carbocycles. The molecular weight excluding hydrogens is 399 g/mol. The summed E-state index contributed by atoms with van der Waals surface area (Å²) in [7, 11) is 0.183. The third-order valence-electron chi connectivity index (χ3n) is 8.54. The highest BCUT2D eigenvalue weighted by Crippen LogP contribution is 2.40. The number of nitrogens with one attached hydrogen (secondary N) is 1. The molecule has 184 valence electrons. The normalized spacial score (nSPS) is 31.1. The average molecular weight is 449 g/mol. The fraction of sp³-hybridized carbons (Fsp3) is 0.885. The number of hydrogen-bond acceptors (Lipinski definition) is 5. The van der Waals surface area contributed by atoms with Crippen molar-refractivity contribution in [3.63, 3.8) is 0 Å². The van der Waals surface area contributed by atoms with E-state index < -0.39 is 11.1 Å². The van der Waals surface area contributed by atoms with E-state index >= 15 is 0 Å². The Kier molecular flexibility index (Phi) is 10.4. The Morgan fingerprint density at radius 3 is 2.16 bits per heavy atom. The summed E-state index contributed by atoms with van der Waals surface area (Å²) in [5, 5.41) is 3.27. The Hall–Kier alpha value is -1.01. The topological polar surface area (TPSA) is 66.5 Å². The number of nitrogens with zero attached hydrogens (tertiary/aromatic N) is 1. The lowest BCUT2D eigenvalue weighted by Crippen LogP contribution is -2.62. The lowest BCUT2D eigenvalue weighted by Gasteiger charge is -2.48. The molecule has 6 unspecified atom stereocenters. The summed E-state index contributed by atoms with van der Waals surface area (Å²) in [5.74, 6) is 0.993. The van der Waals surface area contributed by atoms with Gasteiger partial charge in [-0.2, -0.15) is 0 Å². The second-order valence-corrected chi connectivity index (χ2v) is 11.8. The zero-order valence-electron chi connectivity index (χ0n) is 22.5. The van der Waals surface area contributed by atoms with Crippen LogP contribution in [0.3, 0.4) is 0 Å². The molecule has 1 heterocycles. The van der Waals surface area contributed by atoms with E-state index in [1.165, 1.54) is 0 Å². The maximum atomic E-state index is 13.7. The van der Waals surface area contributed by atoms with Crippen LogP contribution in [0.1, 0.15) is 101 Å². The molecule has 0 spiro atoms. The molecule has 6 heteroatoms. The van der Waals surface area contributed by atoms with E-state index in [1.54, 1.807) is 6.92 Å². The van der Waals surface area contributed by atoms with Crippen LogP contribution in [0.25, 0.3) is 0 Å². The summed E-state index contributed by atoms with van der Waals surface area (Å²) >= 11 is 0. The maximum absolute atomic E-state index is 13.7. The van der Waals surface area contributed by atoms with Crippen LogP contribution in [0.4, 0.5) is 0 Å². The standard InChI is InChI=1S/C26H49BN2O3/c1-11-25(9,21(6)31)28-27-23(32)26(10,12-2)29-16-19(4)13-18(3)14-22(17-30)24(7,8)15-20(29)5/h17-20,22,27-28H,11-16H2,1-10H3. The second kappa shape index (κ2) is 11.4. The van der Waals surface area contributed by atoms with Gasteiger partial charge < -0.3 is 14.8 Å². The van der Waals surface area contributed by atoms with Crippen LogP contribution < -0.4 is 5.23 Å². The molecule has 0 bridgehead atoms. The highest BCUT2D eigenvalue weighted by molar-refractivity contribution is 6.74. The quantitative estimate of drug-likeness (QED) is 0.419. The fourth-order valence-electron chi connectivity index (χ4n) is 5.60. The molecule has 1 rings (SSSR count). The number of carbonyl (C=O) groups excluding carboxylic acids is 3. The van der Waals surface area contributed by atoms with E-state index in [2.05, 4.69) is 58.6 Å². The van der Waals surface area contributed by atoms with Gasteiger partial charge in [0.15, 0.2) is 0 Å². The van der Waals surface area contributed by atoms with Crippen molar-refractivity contribution < 1.29 is 14.4 Å². The third-order valence-corrected chi connectivity index (χ3v) is 8.54. The first-order chi connectivity index (χ1) is 14.7. The molecule has 0 aromatic rings.